The number of hydrogen-bond acceptors (Lipinski definition) is 5. The SMILES string of the molecule is COc1cc2c(c(C(N)CO)c1)OCO2. The Morgan fingerprint density at radius 2 is 2.33 bits per heavy atom. The van der Waals surface area contributed by atoms with E-state index in [1.807, 2.05) is 0 Å². The number of aliphatic hydroxyl groups excluding tert-OH is 1. The Kier molecular flexibility index (Phi) is 2.66. The minimum Gasteiger partial charge on any atom is -0.497 e. The first-order chi connectivity index (χ1) is 7.26. The number of nitrogens with two attached hydrogens (primary N) is 1. The number of aliphatic hydroxyl groups is 1. The first-order valence-corrected chi connectivity index (χ1v) is 4.60. The third-order valence-electron chi connectivity index (χ3n) is 2.31. The van der Waals surface area contributed by atoms with Gasteiger partial charge in [0.2, 0.25) is 6.79 Å². The predicted octanol–water partition coefficient (Wildman–Crippen LogP) is 0.416. The van der Waals surface area contributed by atoms with Crippen molar-refractivity contribution in [3.8, 4) is 17.2 Å². The highest BCUT2D eigenvalue weighted by Gasteiger charge is 2.22. The highest BCUT2D eigenvalue weighted by Crippen LogP contribution is 2.41. The van der Waals surface area contributed by atoms with Gasteiger partial charge in [0.15, 0.2) is 11.5 Å². The van der Waals surface area contributed by atoms with Crippen molar-refractivity contribution in [2.75, 3.05) is 20.5 Å². The summed E-state index contributed by atoms with van der Waals surface area (Å²) in [5, 5.41) is 9.02. The molecule has 0 aliphatic carbocycles. The molecule has 1 unspecified atom stereocenters. The second-order valence-electron chi connectivity index (χ2n) is 3.24. The summed E-state index contributed by atoms with van der Waals surface area (Å²) >= 11 is 0. The van der Waals surface area contributed by atoms with Gasteiger partial charge in [-0.05, 0) is 6.07 Å². The molecule has 0 spiro atoms. The van der Waals surface area contributed by atoms with Crippen molar-refractivity contribution in [3.05, 3.63) is 17.7 Å². The van der Waals surface area contributed by atoms with Crippen LogP contribution in [-0.4, -0.2) is 25.6 Å². The Hall–Kier alpha value is -1.46. The average Bonchev–Trinajstić information content (AvgIpc) is 2.74. The normalized spacial score (nSPS) is 15.1. The van der Waals surface area contributed by atoms with E-state index in [1.165, 1.54) is 0 Å². The third-order valence-corrected chi connectivity index (χ3v) is 2.31. The molecule has 1 heterocycles. The first kappa shape index (κ1) is 10.1. The van der Waals surface area contributed by atoms with Crippen LogP contribution in [0, 0.1) is 0 Å². The zero-order valence-electron chi connectivity index (χ0n) is 8.40. The van der Waals surface area contributed by atoms with E-state index in [2.05, 4.69) is 0 Å². The molecule has 3 N–H and O–H groups in total. The van der Waals surface area contributed by atoms with Crippen molar-refractivity contribution in [1.29, 1.82) is 0 Å². The molecule has 1 aromatic rings. The van der Waals surface area contributed by atoms with Crippen LogP contribution in [0.2, 0.25) is 0 Å². The fourth-order valence-electron chi connectivity index (χ4n) is 1.50. The van der Waals surface area contributed by atoms with Crippen LogP contribution in [0.5, 0.6) is 17.2 Å². The monoisotopic (exact) mass is 211 g/mol. The van der Waals surface area contributed by atoms with Crippen molar-refractivity contribution < 1.29 is 19.3 Å². The van der Waals surface area contributed by atoms with Gasteiger partial charge in [-0.1, -0.05) is 0 Å². The van der Waals surface area contributed by atoms with Crippen molar-refractivity contribution >= 4 is 0 Å². The third kappa shape index (κ3) is 1.71. The topological polar surface area (TPSA) is 73.9 Å². The predicted molar refractivity (Wildman–Crippen MR) is 53.1 cm³/mol. The zero-order chi connectivity index (χ0) is 10.8. The summed E-state index contributed by atoms with van der Waals surface area (Å²) in [4.78, 5) is 0. The number of fused-ring (bicyclic) bond motifs is 1. The molecule has 5 heteroatoms. The van der Waals surface area contributed by atoms with E-state index in [-0.39, 0.29) is 13.4 Å². The molecule has 0 saturated carbocycles. The van der Waals surface area contributed by atoms with Gasteiger partial charge in [-0.25, -0.2) is 0 Å². The maximum Gasteiger partial charge on any atom is 0.231 e. The van der Waals surface area contributed by atoms with Crippen LogP contribution in [0.3, 0.4) is 0 Å². The lowest BCUT2D eigenvalue weighted by molar-refractivity contribution is 0.172. The molecule has 0 saturated heterocycles. The van der Waals surface area contributed by atoms with Crippen LogP contribution in [-0.2, 0) is 0 Å². The van der Waals surface area contributed by atoms with Crippen LogP contribution in [0.15, 0.2) is 12.1 Å². The number of methoxy groups -OCH3 is 1. The molecule has 5 nitrogen and oxygen atoms in total. The standard InChI is InChI=1S/C10H13NO4/c1-13-6-2-7(8(11)4-12)10-9(3-6)14-5-15-10/h2-3,8,12H,4-5,11H2,1H3. The Morgan fingerprint density at radius 3 is 3.00 bits per heavy atom. The van der Waals surface area contributed by atoms with Gasteiger partial charge in [0.1, 0.15) is 5.75 Å². The molecule has 0 aromatic heterocycles. The Bertz CT molecular complexity index is 367. The van der Waals surface area contributed by atoms with E-state index >= 15 is 0 Å². The van der Waals surface area contributed by atoms with E-state index in [0.29, 0.717) is 22.8 Å². The van der Waals surface area contributed by atoms with Gasteiger partial charge in [-0.2, -0.15) is 0 Å². The maximum absolute atomic E-state index is 9.02. The molecule has 1 aliphatic rings. The lowest BCUT2D eigenvalue weighted by Gasteiger charge is -2.13. The molecule has 0 bridgehead atoms. The summed E-state index contributed by atoms with van der Waals surface area (Å²) in [6.45, 7) is 0.0244. The van der Waals surface area contributed by atoms with Crippen molar-refractivity contribution in [2.45, 2.75) is 6.04 Å². The second kappa shape index (κ2) is 3.96. The van der Waals surface area contributed by atoms with Gasteiger partial charge in [0, 0.05) is 11.6 Å². The molecule has 82 valence electrons. The molecule has 1 atom stereocenters. The fraction of sp³-hybridized carbons (Fsp3) is 0.400. The van der Waals surface area contributed by atoms with Crippen LogP contribution < -0.4 is 19.9 Å². The Balaban J connectivity index is 2.47. The molecule has 1 aliphatic heterocycles. The van der Waals surface area contributed by atoms with Gasteiger partial charge >= 0.3 is 0 Å². The summed E-state index contributed by atoms with van der Waals surface area (Å²) in [6.07, 6.45) is 0. The summed E-state index contributed by atoms with van der Waals surface area (Å²) in [5.41, 5.74) is 6.45. The maximum atomic E-state index is 9.02. The zero-order valence-corrected chi connectivity index (χ0v) is 8.40. The van der Waals surface area contributed by atoms with E-state index in [0.717, 1.165) is 0 Å². The molecule has 0 amide bonds. The minimum atomic E-state index is -0.490. The minimum absolute atomic E-state index is 0.150. The van der Waals surface area contributed by atoms with Crippen LogP contribution in [0.25, 0.3) is 0 Å². The number of hydrogen-bond donors (Lipinski definition) is 2. The lowest BCUT2D eigenvalue weighted by atomic mass is 10.1. The van der Waals surface area contributed by atoms with Crippen LogP contribution in [0.1, 0.15) is 11.6 Å². The van der Waals surface area contributed by atoms with Gasteiger partial charge in [0.05, 0.1) is 19.8 Å². The fourth-order valence-corrected chi connectivity index (χ4v) is 1.50. The number of rotatable bonds is 3. The van der Waals surface area contributed by atoms with Gasteiger partial charge < -0.3 is 25.1 Å². The van der Waals surface area contributed by atoms with Crippen molar-refractivity contribution in [3.63, 3.8) is 0 Å². The smallest absolute Gasteiger partial charge is 0.231 e. The summed E-state index contributed by atoms with van der Waals surface area (Å²) in [5.74, 6) is 1.84. The molecule has 1 aromatic carbocycles. The van der Waals surface area contributed by atoms with E-state index in [4.69, 9.17) is 25.1 Å². The average molecular weight is 211 g/mol. The molecular weight excluding hydrogens is 198 g/mol. The molecular formula is C10H13NO4. The summed E-state index contributed by atoms with van der Waals surface area (Å²) in [6, 6.07) is 2.99. The van der Waals surface area contributed by atoms with Crippen LogP contribution >= 0.6 is 0 Å². The molecule has 0 fully saturated rings. The van der Waals surface area contributed by atoms with E-state index < -0.39 is 6.04 Å². The number of benzene rings is 1. The number of ether oxygens (including phenoxy) is 3. The Labute approximate surface area is 87.4 Å². The molecule has 0 radical (unpaired) electrons. The van der Waals surface area contributed by atoms with Gasteiger partial charge in [-0.15, -0.1) is 0 Å². The van der Waals surface area contributed by atoms with Crippen molar-refractivity contribution in [1.82, 2.24) is 0 Å². The van der Waals surface area contributed by atoms with Gasteiger partial charge in [-0.3, -0.25) is 0 Å². The van der Waals surface area contributed by atoms with Crippen molar-refractivity contribution in [2.24, 2.45) is 5.73 Å². The summed E-state index contributed by atoms with van der Waals surface area (Å²) in [7, 11) is 1.56. The Morgan fingerprint density at radius 1 is 1.53 bits per heavy atom. The quantitative estimate of drug-likeness (QED) is 0.757. The second-order valence-corrected chi connectivity index (χ2v) is 3.24. The first-order valence-electron chi connectivity index (χ1n) is 4.60. The summed E-state index contributed by atoms with van der Waals surface area (Å²) < 4.78 is 15.6. The van der Waals surface area contributed by atoms with Gasteiger partial charge in [0.25, 0.3) is 0 Å². The van der Waals surface area contributed by atoms with Crippen LogP contribution in [0.4, 0.5) is 0 Å². The molecule has 2 rings (SSSR count). The van der Waals surface area contributed by atoms with E-state index in [9.17, 15) is 0 Å². The van der Waals surface area contributed by atoms with E-state index in [1.54, 1.807) is 19.2 Å². The highest BCUT2D eigenvalue weighted by molar-refractivity contribution is 5.54. The lowest BCUT2D eigenvalue weighted by Crippen LogP contribution is -2.15. The molecule has 15 heavy (non-hydrogen) atoms. The highest BCUT2D eigenvalue weighted by atomic mass is 16.7. The largest absolute Gasteiger partial charge is 0.497 e.